The van der Waals surface area contributed by atoms with E-state index < -0.39 is 0 Å². The maximum Gasteiger partial charge on any atom is 0.126 e. The van der Waals surface area contributed by atoms with Crippen molar-refractivity contribution in [3.05, 3.63) is 42.2 Å². The second kappa shape index (κ2) is 7.04. The highest BCUT2D eigenvalue weighted by Crippen LogP contribution is 2.12. The molecule has 82 valence electrons. The van der Waals surface area contributed by atoms with Crippen LogP contribution in [-0.4, -0.2) is 6.61 Å². The largest absolute Gasteiger partial charge is 0.493 e. The lowest BCUT2D eigenvalue weighted by Crippen LogP contribution is -1.97. The molecule has 0 unspecified atom stereocenters. The molecule has 0 spiro atoms. The summed E-state index contributed by atoms with van der Waals surface area (Å²) < 4.78 is 18.2. The van der Waals surface area contributed by atoms with E-state index >= 15 is 0 Å². The van der Waals surface area contributed by atoms with Crippen molar-refractivity contribution >= 4 is 0 Å². The fourth-order valence-corrected chi connectivity index (χ4v) is 1.28. The standard InChI is InChI=1S/C13H17FO/c1-2-3-4-5-6-10-15-13-9-7-8-12(14)11-13/h2-3,7-9,11H,4-6,10H2,1H3/b3-2+. The van der Waals surface area contributed by atoms with Crippen molar-refractivity contribution in [2.24, 2.45) is 0 Å². The van der Waals surface area contributed by atoms with Crippen LogP contribution in [0, 0.1) is 5.82 Å². The van der Waals surface area contributed by atoms with Crippen molar-refractivity contribution in [3.63, 3.8) is 0 Å². The number of hydrogen-bond acceptors (Lipinski definition) is 1. The van der Waals surface area contributed by atoms with Crippen LogP contribution in [0.5, 0.6) is 5.75 Å². The number of unbranched alkanes of at least 4 members (excludes halogenated alkanes) is 2. The number of halogens is 1. The van der Waals surface area contributed by atoms with Crippen LogP contribution in [0.4, 0.5) is 4.39 Å². The molecule has 1 nitrogen and oxygen atoms in total. The summed E-state index contributed by atoms with van der Waals surface area (Å²) >= 11 is 0. The van der Waals surface area contributed by atoms with Crippen molar-refractivity contribution in [1.29, 1.82) is 0 Å². The summed E-state index contributed by atoms with van der Waals surface area (Å²) in [6.07, 6.45) is 7.39. The van der Waals surface area contributed by atoms with Gasteiger partial charge in [0.25, 0.3) is 0 Å². The number of benzene rings is 1. The minimum absolute atomic E-state index is 0.249. The van der Waals surface area contributed by atoms with E-state index in [1.54, 1.807) is 12.1 Å². The Labute approximate surface area is 90.6 Å². The van der Waals surface area contributed by atoms with E-state index in [0.717, 1.165) is 19.3 Å². The summed E-state index contributed by atoms with van der Waals surface area (Å²) in [6.45, 7) is 2.67. The van der Waals surface area contributed by atoms with Crippen LogP contribution in [0.25, 0.3) is 0 Å². The van der Waals surface area contributed by atoms with Crippen molar-refractivity contribution in [1.82, 2.24) is 0 Å². The van der Waals surface area contributed by atoms with Crippen molar-refractivity contribution < 1.29 is 9.13 Å². The molecule has 0 amide bonds. The fourth-order valence-electron chi connectivity index (χ4n) is 1.28. The molecule has 0 radical (unpaired) electrons. The van der Waals surface area contributed by atoms with Crippen LogP contribution >= 0.6 is 0 Å². The summed E-state index contributed by atoms with van der Waals surface area (Å²) in [7, 11) is 0. The molecular formula is C13H17FO. The van der Waals surface area contributed by atoms with Gasteiger partial charge >= 0.3 is 0 Å². The summed E-state index contributed by atoms with van der Waals surface area (Å²) in [6, 6.07) is 6.25. The quantitative estimate of drug-likeness (QED) is 0.508. The molecule has 1 aromatic carbocycles. The van der Waals surface area contributed by atoms with E-state index in [2.05, 4.69) is 6.08 Å². The molecule has 0 N–H and O–H groups in total. The first kappa shape index (κ1) is 11.8. The summed E-state index contributed by atoms with van der Waals surface area (Å²) in [4.78, 5) is 0. The predicted octanol–water partition coefficient (Wildman–Crippen LogP) is 3.95. The normalized spacial score (nSPS) is 10.8. The SMILES string of the molecule is C/C=C/CCCCOc1cccc(F)c1. The molecule has 0 aliphatic rings. The van der Waals surface area contributed by atoms with Gasteiger partial charge in [-0.15, -0.1) is 0 Å². The predicted molar refractivity (Wildman–Crippen MR) is 60.6 cm³/mol. The molecule has 0 fully saturated rings. The molecule has 0 saturated carbocycles. The highest BCUT2D eigenvalue weighted by atomic mass is 19.1. The summed E-state index contributed by atoms with van der Waals surface area (Å²) in [5, 5.41) is 0. The zero-order valence-electron chi connectivity index (χ0n) is 9.08. The Morgan fingerprint density at radius 1 is 1.33 bits per heavy atom. The lowest BCUT2D eigenvalue weighted by Gasteiger charge is -2.04. The van der Waals surface area contributed by atoms with Gasteiger partial charge < -0.3 is 4.74 Å². The van der Waals surface area contributed by atoms with E-state index in [-0.39, 0.29) is 5.82 Å². The summed E-state index contributed by atoms with van der Waals surface area (Å²) in [5.74, 6) is 0.363. The fraction of sp³-hybridized carbons (Fsp3) is 0.385. The Kier molecular flexibility index (Phi) is 5.52. The van der Waals surface area contributed by atoms with E-state index in [1.165, 1.54) is 12.1 Å². The Morgan fingerprint density at radius 3 is 2.93 bits per heavy atom. The average Bonchev–Trinajstić information content (AvgIpc) is 2.23. The first-order chi connectivity index (χ1) is 7.33. The lowest BCUT2D eigenvalue weighted by molar-refractivity contribution is 0.306. The number of hydrogen-bond donors (Lipinski definition) is 0. The molecule has 1 rings (SSSR count). The van der Waals surface area contributed by atoms with Crippen LogP contribution in [-0.2, 0) is 0 Å². The Morgan fingerprint density at radius 2 is 2.20 bits per heavy atom. The average molecular weight is 208 g/mol. The topological polar surface area (TPSA) is 9.23 Å². The van der Waals surface area contributed by atoms with Gasteiger partial charge in [-0.05, 0) is 38.3 Å². The van der Waals surface area contributed by atoms with Gasteiger partial charge in [-0.25, -0.2) is 4.39 Å². The first-order valence-corrected chi connectivity index (χ1v) is 5.32. The van der Waals surface area contributed by atoms with Gasteiger partial charge in [0, 0.05) is 6.07 Å². The van der Waals surface area contributed by atoms with E-state index in [9.17, 15) is 4.39 Å². The van der Waals surface area contributed by atoms with Crippen LogP contribution in [0.2, 0.25) is 0 Å². The molecule has 0 aromatic heterocycles. The van der Waals surface area contributed by atoms with Gasteiger partial charge in [-0.3, -0.25) is 0 Å². The second-order valence-electron chi connectivity index (χ2n) is 3.37. The van der Waals surface area contributed by atoms with Gasteiger partial charge in [0.2, 0.25) is 0 Å². The van der Waals surface area contributed by atoms with Gasteiger partial charge in [0.15, 0.2) is 0 Å². The van der Waals surface area contributed by atoms with Gasteiger partial charge in [-0.2, -0.15) is 0 Å². The minimum Gasteiger partial charge on any atom is -0.493 e. The smallest absolute Gasteiger partial charge is 0.126 e. The molecule has 0 saturated heterocycles. The molecule has 1 aromatic rings. The molecule has 15 heavy (non-hydrogen) atoms. The number of ether oxygens (including phenoxy) is 1. The molecule has 0 bridgehead atoms. The number of rotatable bonds is 6. The van der Waals surface area contributed by atoms with Crippen LogP contribution in [0.15, 0.2) is 36.4 Å². The van der Waals surface area contributed by atoms with Gasteiger partial charge in [0.05, 0.1) is 6.61 Å². The van der Waals surface area contributed by atoms with E-state index in [1.807, 2.05) is 13.0 Å². The maximum absolute atomic E-state index is 12.8. The third-order valence-corrected chi connectivity index (χ3v) is 2.07. The van der Waals surface area contributed by atoms with Gasteiger partial charge in [-0.1, -0.05) is 18.2 Å². The molecule has 0 heterocycles. The summed E-state index contributed by atoms with van der Waals surface area (Å²) in [5.41, 5.74) is 0. The van der Waals surface area contributed by atoms with Crippen molar-refractivity contribution in [2.45, 2.75) is 26.2 Å². The first-order valence-electron chi connectivity index (χ1n) is 5.32. The molecular weight excluding hydrogens is 191 g/mol. The highest BCUT2D eigenvalue weighted by Gasteiger charge is 1.95. The van der Waals surface area contributed by atoms with E-state index in [0.29, 0.717) is 12.4 Å². The molecule has 0 aliphatic carbocycles. The monoisotopic (exact) mass is 208 g/mol. The zero-order valence-corrected chi connectivity index (χ0v) is 9.08. The Balaban J connectivity index is 2.15. The van der Waals surface area contributed by atoms with E-state index in [4.69, 9.17) is 4.74 Å². The highest BCUT2D eigenvalue weighted by molar-refractivity contribution is 5.22. The molecule has 0 atom stereocenters. The maximum atomic E-state index is 12.8. The van der Waals surface area contributed by atoms with Crippen molar-refractivity contribution in [2.75, 3.05) is 6.61 Å². The van der Waals surface area contributed by atoms with Crippen LogP contribution in [0.1, 0.15) is 26.2 Å². The van der Waals surface area contributed by atoms with Crippen molar-refractivity contribution in [3.8, 4) is 5.75 Å². The molecule has 0 aliphatic heterocycles. The zero-order chi connectivity index (χ0) is 10.9. The second-order valence-corrected chi connectivity index (χ2v) is 3.37. The lowest BCUT2D eigenvalue weighted by atomic mass is 10.2. The van der Waals surface area contributed by atoms with Crippen LogP contribution in [0.3, 0.4) is 0 Å². The minimum atomic E-state index is -0.249. The third-order valence-electron chi connectivity index (χ3n) is 2.07. The number of allylic oxidation sites excluding steroid dienone is 2. The Bertz CT molecular complexity index is 307. The molecule has 2 heteroatoms. The van der Waals surface area contributed by atoms with Gasteiger partial charge in [0.1, 0.15) is 11.6 Å². The third kappa shape index (κ3) is 5.21. The van der Waals surface area contributed by atoms with Crippen LogP contribution < -0.4 is 4.74 Å². The Hall–Kier alpha value is -1.31.